The molecule has 0 aromatic rings. The van der Waals surface area contributed by atoms with Gasteiger partial charge in [0.1, 0.15) is 5.60 Å². The van der Waals surface area contributed by atoms with Gasteiger partial charge in [0, 0.05) is 39.0 Å². The minimum absolute atomic E-state index is 0.157. The van der Waals surface area contributed by atoms with Gasteiger partial charge < -0.3 is 20.3 Å². The Morgan fingerprint density at radius 3 is 2.75 bits per heavy atom. The zero-order valence-corrected chi connectivity index (χ0v) is 9.95. The van der Waals surface area contributed by atoms with E-state index >= 15 is 0 Å². The maximum atomic E-state index is 11.8. The SMILES string of the molecule is CN1CCC2(CCN(CCCN)C(=O)O2)C1. The lowest BCUT2D eigenvalue weighted by molar-refractivity contribution is -0.0403. The summed E-state index contributed by atoms with van der Waals surface area (Å²) in [7, 11) is 2.07. The number of amides is 1. The molecule has 16 heavy (non-hydrogen) atoms. The number of hydrogen-bond donors (Lipinski definition) is 1. The quantitative estimate of drug-likeness (QED) is 0.751. The van der Waals surface area contributed by atoms with Gasteiger partial charge in [-0.05, 0) is 20.0 Å². The van der Waals surface area contributed by atoms with Crippen LogP contribution >= 0.6 is 0 Å². The molecule has 0 aromatic heterocycles. The molecule has 2 aliphatic rings. The number of rotatable bonds is 3. The van der Waals surface area contributed by atoms with Gasteiger partial charge in [-0.15, -0.1) is 0 Å². The number of nitrogens with two attached hydrogens (primary N) is 1. The first-order valence-electron chi connectivity index (χ1n) is 6.02. The van der Waals surface area contributed by atoms with Crippen LogP contribution in [0.1, 0.15) is 19.3 Å². The van der Waals surface area contributed by atoms with Gasteiger partial charge >= 0.3 is 6.09 Å². The molecule has 0 saturated carbocycles. The van der Waals surface area contributed by atoms with Crippen LogP contribution in [0.25, 0.3) is 0 Å². The highest BCUT2D eigenvalue weighted by molar-refractivity contribution is 5.69. The molecule has 0 aromatic carbocycles. The lowest BCUT2D eigenvalue weighted by Gasteiger charge is -2.38. The molecule has 2 fully saturated rings. The Hall–Kier alpha value is -0.810. The van der Waals surface area contributed by atoms with Crippen LogP contribution in [0.5, 0.6) is 0 Å². The zero-order chi connectivity index (χ0) is 11.6. The highest BCUT2D eigenvalue weighted by atomic mass is 16.6. The predicted octanol–water partition coefficient (Wildman–Crippen LogP) is 0.252. The van der Waals surface area contributed by atoms with Crippen molar-refractivity contribution in [3.05, 3.63) is 0 Å². The molecular formula is C11H21N3O2. The maximum Gasteiger partial charge on any atom is 0.410 e. The summed E-state index contributed by atoms with van der Waals surface area (Å²) in [6.45, 7) is 4.06. The van der Waals surface area contributed by atoms with Crippen LogP contribution in [-0.2, 0) is 4.74 Å². The minimum atomic E-state index is -0.203. The Morgan fingerprint density at radius 2 is 2.19 bits per heavy atom. The van der Waals surface area contributed by atoms with Crippen LogP contribution in [0.4, 0.5) is 4.79 Å². The number of likely N-dealkylation sites (N-methyl/N-ethyl adjacent to an activating group) is 1. The van der Waals surface area contributed by atoms with Crippen molar-refractivity contribution in [1.29, 1.82) is 0 Å². The second-order valence-corrected chi connectivity index (χ2v) is 4.92. The van der Waals surface area contributed by atoms with Crippen LogP contribution in [-0.4, -0.2) is 61.3 Å². The Bertz CT molecular complexity index is 272. The molecule has 2 aliphatic heterocycles. The van der Waals surface area contributed by atoms with Crippen molar-refractivity contribution in [2.75, 3.05) is 39.8 Å². The van der Waals surface area contributed by atoms with Crippen molar-refractivity contribution in [1.82, 2.24) is 9.80 Å². The second kappa shape index (κ2) is 4.59. The average molecular weight is 227 g/mol. The van der Waals surface area contributed by atoms with Crippen molar-refractivity contribution in [2.24, 2.45) is 5.73 Å². The van der Waals surface area contributed by atoms with Crippen molar-refractivity contribution >= 4 is 6.09 Å². The highest BCUT2D eigenvalue weighted by Gasteiger charge is 2.44. The van der Waals surface area contributed by atoms with E-state index < -0.39 is 0 Å². The van der Waals surface area contributed by atoms with Gasteiger partial charge in [-0.1, -0.05) is 0 Å². The molecule has 1 atom stereocenters. The summed E-state index contributed by atoms with van der Waals surface area (Å²) < 4.78 is 5.62. The fraction of sp³-hybridized carbons (Fsp3) is 0.909. The summed E-state index contributed by atoms with van der Waals surface area (Å²) in [5, 5.41) is 0. The molecule has 2 heterocycles. The summed E-state index contributed by atoms with van der Waals surface area (Å²) >= 11 is 0. The molecule has 0 bridgehead atoms. The van der Waals surface area contributed by atoms with E-state index in [9.17, 15) is 4.79 Å². The van der Waals surface area contributed by atoms with E-state index in [0.717, 1.165) is 45.4 Å². The number of nitrogens with zero attached hydrogens (tertiary/aromatic N) is 2. The topological polar surface area (TPSA) is 58.8 Å². The summed E-state index contributed by atoms with van der Waals surface area (Å²) in [5.74, 6) is 0. The summed E-state index contributed by atoms with van der Waals surface area (Å²) in [5.41, 5.74) is 5.24. The molecule has 1 amide bonds. The van der Waals surface area contributed by atoms with Gasteiger partial charge in [-0.2, -0.15) is 0 Å². The number of carbonyl (C=O) groups excluding carboxylic acids is 1. The van der Waals surface area contributed by atoms with Crippen molar-refractivity contribution in [2.45, 2.75) is 24.9 Å². The molecule has 5 nitrogen and oxygen atoms in total. The van der Waals surface area contributed by atoms with Gasteiger partial charge in [-0.25, -0.2) is 4.79 Å². The Labute approximate surface area is 96.5 Å². The summed E-state index contributed by atoms with van der Waals surface area (Å²) in [4.78, 5) is 15.8. The summed E-state index contributed by atoms with van der Waals surface area (Å²) in [6, 6.07) is 0. The van der Waals surface area contributed by atoms with Gasteiger partial charge in [-0.3, -0.25) is 0 Å². The monoisotopic (exact) mass is 227 g/mol. The fourth-order valence-electron chi connectivity index (χ4n) is 2.55. The number of ether oxygens (including phenoxy) is 1. The molecule has 0 aliphatic carbocycles. The minimum Gasteiger partial charge on any atom is -0.441 e. The van der Waals surface area contributed by atoms with Crippen molar-refractivity contribution in [3.63, 3.8) is 0 Å². The van der Waals surface area contributed by atoms with Gasteiger partial charge in [0.2, 0.25) is 0 Å². The molecule has 1 spiro atoms. The Kier molecular flexibility index (Phi) is 3.35. The van der Waals surface area contributed by atoms with Crippen LogP contribution in [0.15, 0.2) is 0 Å². The summed E-state index contributed by atoms with van der Waals surface area (Å²) in [6.07, 6.45) is 2.62. The molecule has 2 saturated heterocycles. The van der Waals surface area contributed by atoms with E-state index in [1.807, 2.05) is 0 Å². The third-order valence-corrected chi connectivity index (χ3v) is 3.54. The van der Waals surface area contributed by atoms with Gasteiger partial charge in [0.25, 0.3) is 0 Å². The number of hydrogen-bond acceptors (Lipinski definition) is 4. The highest BCUT2D eigenvalue weighted by Crippen LogP contribution is 2.32. The normalized spacial score (nSPS) is 31.1. The molecule has 2 N–H and O–H groups in total. The molecule has 1 unspecified atom stereocenters. The van der Waals surface area contributed by atoms with E-state index in [4.69, 9.17) is 10.5 Å². The van der Waals surface area contributed by atoms with E-state index in [1.54, 1.807) is 4.90 Å². The molecule has 2 rings (SSSR count). The lowest BCUT2D eigenvalue weighted by Crippen LogP contribution is -2.51. The maximum absolute atomic E-state index is 11.8. The molecule has 92 valence electrons. The third-order valence-electron chi connectivity index (χ3n) is 3.54. The molecule has 0 radical (unpaired) electrons. The van der Waals surface area contributed by atoms with Crippen molar-refractivity contribution < 1.29 is 9.53 Å². The van der Waals surface area contributed by atoms with Crippen LogP contribution in [0.3, 0.4) is 0 Å². The van der Waals surface area contributed by atoms with Crippen molar-refractivity contribution in [3.8, 4) is 0 Å². The Balaban J connectivity index is 1.89. The Morgan fingerprint density at radius 1 is 1.44 bits per heavy atom. The first kappa shape index (κ1) is 11.7. The van der Waals surface area contributed by atoms with Crippen LogP contribution in [0.2, 0.25) is 0 Å². The van der Waals surface area contributed by atoms with Crippen LogP contribution in [0, 0.1) is 0 Å². The standard InChI is InChI=1S/C11H21N3O2/c1-13-7-3-11(9-13)4-8-14(6-2-5-12)10(15)16-11/h2-9,12H2,1H3. The zero-order valence-electron chi connectivity index (χ0n) is 9.95. The van der Waals surface area contributed by atoms with E-state index in [-0.39, 0.29) is 11.7 Å². The smallest absolute Gasteiger partial charge is 0.410 e. The number of carbonyl (C=O) groups is 1. The van der Waals surface area contributed by atoms with E-state index in [1.165, 1.54) is 0 Å². The van der Waals surface area contributed by atoms with Gasteiger partial charge in [0.05, 0.1) is 0 Å². The fourth-order valence-corrected chi connectivity index (χ4v) is 2.55. The first-order valence-corrected chi connectivity index (χ1v) is 6.02. The average Bonchev–Trinajstić information content (AvgIpc) is 2.59. The largest absolute Gasteiger partial charge is 0.441 e. The second-order valence-electron chi connectivity index (χ2n) is 4.92. The van der Waals surface area contributed by atoms with Gasteiger partial charge in [0.15, 0.2) is 0 Å². The molecular weight excluding hydrogens is 206 g/mol. The van der Waals surface area contributed by atoms with E-state index in [0.29, 0.717) is 6.54 Å². The first-order chi connectivity index (χ1) is 7.65. The number of likely N-dealkylation sites (tertiary alicyclic amines) is 1. The predicted molar refractivity (Wildman–Crippen MR) is 61.2 cm³/mol. The van der Waals surface area contributed by atoms with Crippen LogP contribution < -0.4 is 5.73 Å². The lowest BCUT2D eigenvalue weighted by atomic mass is 9.97. The third kappa shape index (κ3) is 2.30. The van der Waals surface area contributed by atoms with E-state index in [2.05, 4.69) is 11.9 Å². The molecule has 5 heteroatoms.